The minimum atomic E-state index is -0.767. The number of amides is 3. The highest BCUT2D eigenvalue weighted by atomic mass is 35.5. The number of carbonyl (C=O) groups is 3. The van der Waals surface area contributed by atoms with Crippen LogP contribution in [0.15, 0.2) is 53.9 Å². The number of hydrogen-bond acceptors (Lipinski definition) is 5. The molecule has 5 rings (SSSR count). The monoisotopic (exact) mass is 495 g/mol. The fourth-order valence-electron chi connectivity index (χ4n) is 4.59. The van der Waals surface area contributed by atoms with Crippen molar-refractivity contribution in [1.29, 1.82) is 0 Å². The third kappa shape index (κ3) is 4.15. The van der Waals surface area contributed by atoms with Crippen LogP contribution in [0.1, 0.15) is 21.7 Å². The van der Waals surface area contributed by atoms with Gasteiger partial charge in [0.2, 0.25) is 11.8 Å². The Morgan fingerprint density at radius 2 is 2.06 bits per heavy atom. The summed E-state index contributed by atoms with van der Waals surface area (Å²) in [4.78, 5) is 41.7. The molecule has 2 aliphatic rings. The van der Waals surface area contributed by atoms with Crippen molar-refractivity contribution in [3.8, 4) is 16.9 Å². The van der Waals surface area contributed by atoms with Gasteiger partial charge in [-0.15, -0.1) is 11.3 Å². The van der Waals surface area contributed by atoms with Gasteiger partial charge in [0.25, 0.3) is 5.91 Å². The van der Waals surface area contributed by atoms with Gasteiger partial charge >= 0.3 is 0 Å². The van der Waals surface area contributed by atoms with E-state index in [9.17, 15) is 14.4 Å². The highest BCUT2D eigenvalue weighted by Crippen LogP contribution is 2.36. The van der Waals surface area contributed by atoms with E-state index in [4.69, 9.17) is 16.3 Å². The third-order valence-corrected chi connectivity index (χ3v) is 7.28. The molecule has 1 aromatic heterocycles. The van der Waals surface area contributed by atoms with E-state index in [0.717, 1.165) is 16.0 Å². The van der Waals surface area contributed by atoms with Crippen LogP contribution in [0, 0.1) is 0 Å². The van der Waals surface area contributed by atoms with Crippen molar-refractivity contribution in [3.05, 3.63) is 69.4 Å². The van der Waals surface area contributed by atoms with Crippen molar-refractivity contribution in [2.24, 2.45) is 0 Å². The van der Waals surface area contributed by atoms with Crippen LogP contribution in [0.4, 0.5) is 5.69 Å². The largest absolute Gasteiger partial charge is 0.496 e. The molecule has 2 atom stereocenters. The molecule has 0 aliphatic carbocycles. The number of halogens is 1. The average molecular weight is 496 g/mol. The maximum absolute atomic E-state index is 13.5. The fourth-order valence-corrected chi connectivity index (χ4v) is 5.47. The molecule has 2 aromatic carbocycles. The molecule has 3 amide bonds. The predicted molar refractivity (Wildman–Crippen MR) is 131 cm³/mol. The standard InChI is InChI=1S/C25H22ClN3O4S/c1-33-21-7-5-15(26)12-17(21)14-4-6-19-18(11-14)25(32)29-9-8-20(23(29)24(31)28-19)27-22(30)13-16-3-2-10-34-16/h2-7,10-12,20,23H,8-9,13H2,1H3,(H,27,30)(H,28,31)/t20-,23-/m0/s1. The van der Waals surface area contributed by atoms with Crippen LogP contribution in [0.2, 0.25) is 5.02 Å². The number of benzene rings is 2. The molecule has 174 valence electrons. The zero-order chi connectivity index (χ0) is 23.8. The second-order valence-electron chi connectivity index (χ2n) is 8.26. The second kappa shape index (κ2) is 9.12. The van der Waals surface area contributed by atoms with Crippen molar-refractivity contribution < 1.29 is 19.1 Å². The first-order valence-corrected chi connectivity index (χ1v) is 12.1. The number of methoxy groups -OCH3 is 1. The van der Waals surface area contributed by atoms with Gasteiger partial charge in [0, 0.05) is 22.0 Å². The lowest BCUT2D eigenvalue weighted by atomic mass is 10.0. The second-order valence-corrected chi connectivity index (χ2v) is 9.73. The van der Waals surface area contributed by atoms with Crippen LogP contribution in [-0.2, 0) is 16.0 Å². The summed E-state index contributed by atoms with van der Waals surface area (Å²) in [6.07, 6.45) is 0.763. The Balaban J connectivity index is 1.42. The summed E-state index contributed by atoms with van der Waals surface area (Å²) in [7, 11) is 1.57. The Kier molecular flexibility index (Phi) is 6.02. The predicted octanol–water partition coefficient (Wildman–Crippen LogP) is 3.97. The summed E-state index contributed by atoms with van der Waals surface area (Å²) in [6.45, 7) is 0.380. The molecule has 7 nitrogen and oxygen atoms in total. The number of carbonyl (C=O) groups excluding carboxylic acids is 3. The molecule has 0 unspecified atom stereocenters. The summed E-state index contributed by atoms with van der Waals surface area (Å²) in [6, 6.07) is 13.1. The molecule has 0 saturated carbocycles. The minimum absolute atomic E-state index is 0.161. The number of anilines is 1. The van der Waals surface area contributed by atoms with Crippen LogP contribution in [0.3, 0.4) is 0 Å². The van der Waals surface area contributed by atoms with Crippen LogP contribution >= 0.6 is 22.9 Å². The lowest BCUT2D eigenvalue weighted by Crippen LogP contribution is -2.51. The Bertz CT molecular complexity index is 1280. The quantitative estimate of drug-likeness (QED) is 0.560. The lowest BCUT2D eigenvalue weighted by Gasteiger charge is -2.25. The number of ether oxygens (including phenoxy) is 1. The number of hydrogen-bond donors (Lipinski definition) is 2. The van der Waals surface area contributed by atoms with Crippen LogP contribution in [0.5, 0.6) is 5.75 Å². The molecular weight excluding hydrogens is 474 g/mol. The zero-order valence-corrected chi connectivity index (χ0v) is 19.9. The van der Waals surface area contributed by atoms with Crippen molar-refractivity contribution >= 4 is 46.3 Å². The van der Waals surface area contributed by atoms with E-state index in [-0.39, 0.29) is 24.1 Å². The number of nitrogens with one attached hydrogen (secondary N) is 2. The zero-order valence-electron chi connectivity index (χ0n) is 18.3. The van der Waals surface area contributed by atoms with Gasteiger partial charge in [0.1, 0.15) is 11.8 Å². The smallest absolute Gasteiger partial charge is 0.256 e. The van der Waals surface area contributed by atoms with Crippen molar-refractivity contribution in [3.63, 3.8) is 0 Å². The van der Waals surface area contributed by atoms with E-state index in [2.05, 4.69) is 10.6 Å². The minimum Gasteiger partial charge on any atom is -0.496 e. The maximum atomic E-state index is 13.5. The van der Waals surface area contributed by atoms with Crippen molar-refractivity contribution in [2.45, 2.75) is 24.9 Å². The summed E-state index contributed by atoms with van der Waals surface area (Å²) >= 11 is 7.70. The first kappa shape index (κ1) is 22.4. The van der Waals surface area contributed by atoms with Gasteiger partial charge in [-0.25, -0.2) is 0 Å². The molecule has 2 N–H and O–H groups in total. The molecule has 3 heterocycles. The van der Waals surface area contributed by atoms with Gasteiger partial charge in [-0.05, 0) is 53.8 Å². The molecule has 3 aromatic rings. The molecule has 1 saturated heterocycles. The van der Waals surface area contributed by atoms with Gasteiger partial charge in [0.05, 0.1) is 30.8 Å². The van der Waals surface area contributed by atoms with Gasteiger partial charge in [-0.3, -0.25) is 14.4 Å². The van der Waals surface area contributed by atoms with Gasteiger partial charge in [-0.1, -0.05) is 23.7 Å². The van der Waals surface area contributed by atoms with E-state index in [1.165, 1.54) is 11.3 Å². The van der Waals surface area contributed by atoms with E-state index in [0.29, 0.717) is 35.0 Å². The van der Waals surface area contributed by atoms with Crippen molar-refractivity contribution in [2.75, 3.05) is 19.0 Å². The Morgan fingerprint density at radius 1 is 1.21 bits per heavy atom. The number of thiophene rings is 1. The molecule has 0 radical (unpaired) electrons. The first-order valence-electron chi connectivity index (χ1n) is 10.9. The Hall–Kier alpha value is -3.36. The molecule has 1 fully saturated rings. The number of fused-ring (bicyclic) bond motifs is 2. The Morgan fingerprint density at radius 3 is 2.82 bits per heavy atom. The molecule has 0 spiro atoms. The fraction of sp³-hybridized carbons (Fsp3) is 0.240. The third-order valence-electron chi connectivity index (χ3n) is 6.17. The summed E-state index contributed by atoms with van der Waals surface area (Å²) in [5.41, 5.74) is 2.33. The Labute approximate surface area is 205 Å². The van der Waals surface area contributed by atoms with E-state index in [1.807, 2.05) is 23.6 Å². The molecule has 9 heteroatoms. The maximum Gasteiger partial charge on any atom is 0.256 e. The first-order chi connectivity index (χ1) is 16.4. The summed E-state index contributed by atoms with van der Waals surface area (Å²) < 4.78 is 5.46. The average Bonchev–Trinajstić information content (AvgIpc) is 3.46. The van der Waals surface area contributed by atoms with Gasteiger partial charge in [-0.2, -0.15) is 0 Å². The molecule has 0 bridgehead atoms. The SMILES string of the molecule is COc1ccc(Cl)cc1-c1ccc2c(c1)C(=O)N1CC[C@H](NC(=O)Cc3cccs3)[C@H]1C(=O)N2. The number of nitrogens with zero attached hydrogens (tertiary/aromatic N) is 1. The van der Waals surface area contributed by atoms with Crippen molar-refractivity contribution in [1.82, 2.24) is 10.2 Å². The van der Waals surface area contributed by atoms with Crippen LogP contribution in [-0.4, -0.2) is 48.4 Å². The summed E-state index contributed by atoms with van der Waals surface area (Å²) in [5, 5.41) is 8.31. The molecule has 2 aliphatic heterocycles. The summed E-state index contributed by atoms with van der Waals surface area (Å²) in [5.74, 6) is -0.0935. The van der Waals surface area contributed by atoms with E-state index >= 15 is 0 Å². The van der Waals surface area contributed by atoms with Gasteiger partial charge < -0.3 is 20.3 Å². The highest BCUT2D eigenvalue weighted by molar-refractivity contribution is 7.10. The number of rotatable bonds is 5. The highest BCUT2D eigenvalue weighted by Gasteiger charge is 2.45. The normalized spacial score (nSPS) is 19.2. The molecular formula is C25H22ClN3O4S. The topological polar surface area (TPSA) is 87.7 Å². The molecule has 34 heavy (non-hydrogen) atoms. The van der Waals surface area contributed by atoms with Gasteiger partial charge in [0.15, 0.2) is 0 Å². The lowest BCUT2D eigenvalue weighted by molar-refractivity contribution is -0.123. The van der Waals surface area contributed by atoms with E-state index < -0.39 is 12.1 Å². The van der Waals surface area contributed by atoms with E-state index in [1.54, 1.807) is 42.3 Å². The van der Waals surface area contributed by atoms with Crippen LogP contribution in [0.25, 0.3) is 11.1 Å². The van der Waals surface area contributed by atoms with Crippen LogP contribution < -0.4 is 15.4 Å².